The Balaban J connectivity index is 0.000000583. The monoisotopic (exact) mass is 1430 g/mol. The largest absolute Gasteiger partial charge is 0.0649 e. The fourth-order valence-electron chi connectivity index (χ4n) is 19.7. The minimum Gasteiger partial charge on any atom is -0.0649 e. The Kier molecular flexibility index (Phi) is 41.8. The number of hydrogen-bond acceptors (Lipinski definition) is 0. The SMILES string of the molecule is CC(C)C1(C)CCC(C(C)(C)C)CC1.CC(C)C1CCC(C)(C(C)C)CC1.CC(C)C1CCC(C)(C)CC1.CC1(C)CCC(C(C)(C)C)CC1.CCC(C)(C)C1CCC(C)(C)CC1.CCC1(C)CCC(C(C)(C)C)CC1.CCC1(C)CCC(C(C)(C)CC)CC1.CCC1(C)CCC(C(C)C)CC1. The molecule has 612 valence electrons. The van der Waals surface area contributed by atoms with Crippen molar-refractivity contribution in [2.45, 2.75) is 508 Å². The molecule has 0 bridgehead atoms. The second-order valence-corrected chi connectivity index (χ2v) is 48.5. The molecule has 0 amide bonds. The van der Waals surface area contributed by atoms with Gasteiger partial charge in [-0.3, -0.25) is 0 Å². The fourth-order valence-corrected chi connectivity index (χ4v) is 19.7. The first-order valence-electron chi connectivity index (χ1n) is 46.3. The van der Waals surface area contributed by atoms with Crippen molar-refractivity contribution >= 4 is 0 Å². The molecule has 0 heteroatoms. The number of rotatable bonds is 12. The molecule has 0 atom stereocenters. The van der Waals surface area contributed by atoms with Crippen LogP contribution >= 0.6 is 0 Å². The molecule has 8 fully saturated rings. The van der Waals surface area contributed by atoms with Crippen molar-refractivity contribution in [2.24, 2.45) is 147 Å². The summed E-state index contributed by atoms with van der Waals surface area (Å²) in [5, 5.41) is 0. The highest BCUT2D eigenvalue weighted by Crippen LogP contribution is 2.53. The van der Waals surface area contributed by atoms with Crippen LogP contribution < -0.4 is 0 Å². The molecule has 0 aromatic carbocycles. The molecule has 0 unspecified atom stereocenters. The molecule has 0 saturated heterocycles. The van der Waals surface area contributed by atoms with E-state index in [2.05, 4.69) is 270 Å². The highest BCUT2D eigenvalue weighted by molar-refractivity contribution is 4.93. The van der Waals surface area contributed by atoms with E-state index in [4.69, 9.17) is 0 Å². The van der Waals surface area contributed by atoms with Gasteiger partial charge in [0.2, 0.25) is 0 Å². The molecule has 0 spiro atoms. The summed E-state index contributed by atoms with van der Waals surface area (Å²) in [6.45, 7) is 93.6. The van der Waals surface area contributed by atoms with Crippen LogP contribution in [0.3, 0.4) is 0 Å². The Hall–Kier alpha value is 0. The molecule has 0 N–H and O–H groups in total. The van der Waals surface area contributed by atoms with E-state index in [9.17, 15) is 0 Å². The topological polar surface area (TPSA) is 0 Å². The molecule has 8 saturated carbocycles. The summed E-state index contributed by atoms with van der Waals surface area (Å²) in [6, 6.07) is 0. The first-order chi connectivity index (χ1) is 46.3. The summed E-state index contributed by atoms with van der Waals surface area (Å²) in [5.41, 5.74) is 7.95. The minimum atomic E-state index is 0.526. The van der Waals surface area contributed by atoms with Crippen LogP contribution in [-0.2, 0) is 0 Å². The van der Waals surface area contributed by atoms with Crippen LogP contribution in [0.2, 0.25) is 0 Å². The van der Waals surface area contributed by atoms with Gasteiger partial charge in [0.25, 0.3) is 0 Å². The first-order valence-corrected chi connectivity index (χ1v) is 46.3. The molecule has 8 aliphatic rings. The van der Waals surface area contributed by atoms with Gasteiger partial charge in [-0.15, -0.1) is 0 Å². The lowest BCUT2D eigenvalue weighted by molar-refractivity contribution is 0.0664. The Morgan fingerprint density at radius 3 is 0.608 bits per heavy atom. The Labute approximate surface area is 651 Å². The zero-order valence-corrected chi connectivity index (χ0v) is 79.2. The van der Waals surface area contributed by atoms with Crippen molar-refractivity contribution in [3.63, 3.8) is 0 Å². The quantitative estimate of drug-likeness (QED) is 0.183. The van der Waals surface area contributed by atoms with Gasteiger partial charge in [-0.25, -0.2) is 0 Å². The van der Waals surface area contributed by atoms with Crippen molar-refractivity contribution in [1.29, 1.82) is 0 Å². The van der Waals surface area contributed by atoms with Crippen LogP contribution in [0.15, 0.2) is 0 Å². The lowest BCUT2D eigenvalue weighted by atomic mass is 9.61. The average Bonchev–Trinajstić information content (AvgIpc) is 0.843. The van der Waals surface area contributed by atoms with Crippen molar-refractivity contribution in [1.82, 2.24) is 0 Å². The Morgan fingerprint density at radius 1 is 0.235 bits per heavy atom. The zero-order chi connectivity index (χ0) is 79.2. The van der Waals surface area contributed by atoms with Crippen LogP contribution in [0, 0.1) is 147 Å². The lowest BCUT2D eigenvalue weighted by Gasteiger charge is -2.44. The van der Waals surface area contributed by atoms with Gasteiger partial charge in [0.1, 0.15) is 0 Å². The maximum Gasteiger partial charge on any atom is -0.0303 e. The minimum absolute atomic E-state index is 0.526. The van der Waals surface area contributed by atoms with Crippen LogP contribution in [-0.4, -0.2) is 0 Å². The molecular formula is C102H204. The van der Waals surface area contributed by atoms with Gasteiger partial charge < -0.3 is 0 Å². The van der Waals surface area contributed by atoms with E-state index >= 15 is 0 Å². The van der Waals surface area contributed by atoms with E-state index in [1.807, 2.05) is 0 Å². The van der Waals surface area contributed by atoms with E-state index in [0.29, 0.717) is 70.4 Å². The first kappa shape index (κ1) is 100. The van der Waals surface area contributed by atoms with Crippen LogP contribution in [0.25, 0.3) is 0 Å². The van der Waals surface area contributed by atoms with Crippen LogP contribution in [0.1, 0.15) is 508 Å². The van der Waals surface area contributed by atoms with Gasteiger partial charge in [-0.2, -0.15) is 0 Å². The molecule has 0 radical (unpaired) electrons. The van der Waals surface area contributed by atoms with Gasteiger partial charge in [0.15, 0.2) is 0 Å². The van der Waals surface area contributed by atoms with Gasteiger partial charge in [-0.05, 0) is 353 Å². The van der Waals surface area contributed by atoms with Gasteiger partial charge in [0.05, 0.1) is 0 Å². The van der Waals surface area contributed by atoms with Crippen molar-refractivity contribution in [2.75, 3.05) is 0 Å². The molecule has 0 aliphatic heterocycles. The molecule has 8 aliphatic carbocycles. The maximum absolute atomic E-state index is 2.48. The molecule has 8 rings (SSSR count). The van der Waals surface area contributed by atoms with Gasteiger partial charge >= 0.3 is 0 Å². The third-order valence-electron chi connectivity index (χ3n) is 33.9. The highest BCUT2D eigenvalue weighted by Gasteiger charge is 2.41. The van der Waals surface area contributed by atoms with Gasteiger partial charge in [0, 0.05) is 0 Å². The Bertz CT molecular complexity index is 2100. The van der Waals surface area contributed by atoms with E-state index in [-0.39, 0.29) is 0 Å². The summed E-state index contributed by atoms with van der Waals surface area (Å²) in [6.07, 6.45) is 53.2. The normalized spacial score (nSPS) is 32.1. The van der Waals surface area contributed by atoms with Gasteiger partial charge in [-0.1, -0.05) is 302 Å². The maximum atomic E-state index is 2.48. The molecule has 0 nitrogen and oxygen atoms in total. The van der Waals surface area contributed by atoms with Crippen molar-refractivity contribution < 1.29 is 0 Å². The molecule has 0 heterocycles. The molecule has 0 aromatic heterocycles. The molecule has 0 aromatic rings. The average molecular weight is 1430 g/mol. The standard InChI is InChI=1S/2C14H28.3C13H26.2C12H24.C11H22/c1-11(2)14(6)9-7-12(8-10-14)13(3,4)5;1-6-13(3,4)12-8-10-14(5,7-2)11-9-12;1-10(2)12-6-8-13(5,9-7-12)11(3)4;1-6-13(4,5)11-7-9-12(2,3)10-8-11;1-6-13(5)9-7-11(8-10-13)12(2,3)4;1-11(2,3)10-6-8-12(4,5)9-7-10;1-5-12(4)8-6-11(7-9-12)10(2)3;1-9(2)10-5-7-11(3,4)8-6-10/h11-12H,7-10H2,1-6H3;12H,6-11H2,1-5H3;10-12H,6-9H2,1-5H3;2*11H,6-10H2,1-5H3;10H,6-9H2,1-5H3;10-11H,5-9H2,1-4H3;9-10H,5-8H2,1-4H3. The van der Waals surface area contributed by atoms with Crippen LogP contribution in [0.5, 0.6) is 0 Å². The Morgan fingerprint density at radius 2 is 0.402 bits per heavy atom. The zero-order valence-electron chi connectivity index (χ0n) is 79.2. The predicted octanol–water partition coefficient (Wildman–Crippen LogP) is 36.0. The third kappa shape index (κ3) is 36.0. The summed E-state index contributed by atoms with van der Waals surface area (Å²) in [4.78, 5) is 0. The lowest BCUT2D eigenvalue weighted by Crippen LogP contribution is -2.33. The van der Waals surface area contributed by atoms with Crippen molar-refractivity contribution in [3.05, 3.63) is 0 Å². The summed E-state index contributed by atoms with van der Waals surface area (Å²) < 4.78 is 0. The van der Waals surface area contributed by atoms with E-state index in [1.165, 1.54) is 238 Å². The molecular weight excluding hydrogens is 1230 g/mol. The van der Waals surface area contributed by atoms with E-state index < -0.39 is 0 Å². The predicted molar refractivity (Wildman–Crippen MR) is 469 cm³/mol. The highest BCUT2D eigenvalue weighted by atomic mass is 14.5. The van der Waals surface area contributed by atoms with Crippen LogP contribution in [0.4, 0.5) is 0 Å². The van der Waals surface area contributed by atoms with E-state index in [0.717, 1.165) is 76.9 Å². The summed E-state index contributed by atoms with van der Waals surface area (Å²) in [5.74, 6) is 12.3. The third-order valence-corrected chi connectivity index (χ3v) is 33.9. The fraction of sp³-hybridized carbons (Fsp3) is 1.00. The van der Waals surface area contributed by atoms with Crippen molar-refractivity contribution in [3.8, 4) is 0 Å². The molecule has 102 heavy (non-hydrogen) atoms. The summed E-state index contributed by atoms with van der Waals surface area (Å²) in [7, 11) is 0. The van der Waals surface area contributed by atoms with E-state index in [1.54, 1.807) is 0 Å². The summed E-state index contributed by atoms with van der Waals surface area (Å²) >= 11 is 0. The second-order valence-electron chi connectivity index (χ2n) is 48.5. The second kappa shape index (κ2) is 42.6. The smallest absolute Gasteiger partial charge is 0.0303 e. The number of hydrogen-bond donors (Lipinski definition) is 0.